The summed E-state index contributed by atoms with van der Waals surface area (Å²) in [4.78, 5) is 4.00. The Kier molecular flexibility index (Phi) is 2.95. The highest BCUT2D eigenvalue weighted by Gasteiger charge is 2.25. The van der Waals surface area contributed by atoms with Gasteiger partial charge >= 0.3 is 0 Å². The molecule has 1 aliphatic heterocycles. The number of aliphatic hydroxyl groups is 1. The SMILES string of the molecule is OCc1cc(F)c(C2OCCO2)c2ccncc12. The molecule has 0 radical (unpaired) electrons. The Hall–Kier alpha value is -1.56. The quantitative estimate of drug-likeness (QED) is 0.883. The predicted octanol–water partition coefficient (Wildman–Crippen LogP) is 1.91. The van der Waals surface area contributed by atoms with Crippen molar-refractivity contribution in [3.8, 4) is 0 Å². The third-order valence-corrected chi connectivity index (χ3v) is 3.04. The van der Waals surface area contributed by atoms with Gasteiger partial charge in [-0.25, -0.2) is 4.39 Å². The van der Waals surface area contributed by atoms with Crippen LogP contribution in [-0.4, -0.2) is 23.3 Å². The van der Waals surface area contributed by atoms with Crippen LogP contribution in [0.3, 0.4) is 0 Å². The highest BCUT2D eigenvalue weighted by Crippen LogP contribution is 2.33. The van der Waals surface area contributed by atoms with Gasteiger partial charge in [0.05, 0.1) is 25.4 Å². The summed E-state index contributed by atoms with van der Waals surface area (Å²) in [6.45, 7) is 0.683. The molecule has 0 atom stereocenters. The van der Waals surface area contributed by atoms with Crippen molar-refractivity contribution in [3.05, 3.63) is 41.5 Å². The van der Waals surface area contributed by atoms with Crippen LogP contribution in [0, 0.1) is 5.82 Å². The number of pyridine rings is 1. The molecule has 2 aromatic rings. The fourth-order valence-corrected chi connectivity index (χ4v) is 2.22. The van der Waals surface area contributed by atoms with Crippen LogP contribution >= 0.6 is 0 Å². The summed E-state index contributed by atoms with van der Waals surface area (Å²) in [6.07, 6.45) is 2.52. The van der Waals surface area contributed by atoms with E-state index in [4.69, 9.17) is 9.47 Å². The van der Waals surface area contributed by atoms with E-state index in [1.807, 2.05) is 0 Å². The zero-order valence-electron chi connectivity index (χ0n) is 9.60. The molecule has 0 amide bonds. The molecule has 0 unspecified atom stereocenters. The molecule has 2 heterocycles. The smallest absolute Gasteiger partial charge is 0.187 e. The number of hydrogen-bond donors (Lipinski definition) is 1. The van der Waals surface area contributed by atoms with Gasteiger partial charge in [-0.1, -0.05) is 0 Å². The van der Waals surface area contributed by atoms with Gasteiger partial charge in [0.2, 0.25) is 0 Å². The van der Waals surface area contributed by atoms with Crippen molar-refractivity contribution in [1.29, 1.82) is 0 Å². The minimum atomic E-state index is -0.678. The lowest BCUT2D eigenvalue weighted by Crippen LogP contribution is -2.04. The maximum absolute atomic E-state index is 14.1. The van der Waals surface area contributed by atoms with E-state index in [0.29, 0.717) is 29.7 Å². The van der Waals surface area contributed by atoms with Crippen LogP contribution in [0.5, 0.6) is 0 Å². The van der Waals surface area contributed by atoms with E-state index in [2.05, 4.69) is 4.98 Å². The summed E-state index contributed by atoms with van der Waals surface area (Å²) in [5.41, 5.74) is 0.888. The third kappa shape index (κ3) is 1.77. The molecule has 0 spiro atoms. The van der Waals surface area contributed by atoms with Gasteiger partial charge in [-0.05, 0) is 23.1 Å². The first-order valence-corrected chi connectivity index (χ1v) is 5.70. The summed E-state index contributed by atoms with van der Waals surface area (Å²) in [5.74, 6) is -0.426. The van der Waals surface area contributed by atoms with E-state index in [1.54, 1.807) is 18.5 Å². The molecule has 0 saturated carbocycles. The van der Waals surface area contributed by atoms with Crippen LogP contribution in [0.2, 0.25) is 0 Å². The average molecular weight is 249 g/mol. The lowest BCUT2D eigenvalue weighted by atomic mass is 10.0. The molecule has 4 nitrogen and oxygen atoms in total. The van der Waals surface area contributed by atoms with Crippen molar-refractivity contribution in [1.82, 2.24) is 4.98 Å². The monoisotopic (exact) mass is 249 g/mol. The Bertz CT molecular complexity index is 582. The number of fused-ring (bicyclic) bond motifs is 1. The van der Waals surface area contributed by atoms with Crippen molar-refractivity contribution >= 4 is 10.8 Å². The molecule has 1 aromatic heterocycles. The van der Waals surface area contributed by atoms with Gasteiger partial charge in [-0.15, -0.1) is 0 Å². The molecule has 1 fully saturated rings. The van der Waals surface area contributed by atoms with Crippen LogP contribution in [0.1, 0.15) is 17.4 Å². The predicted molar refractivity (Wildman–Crippen MR) is 62.3 cm³/mol. The van der Waals surface area contributed by atoms with Gasteiger partial charge < -0.3 is 14.6 Å². The molecule has 1 aliphatic rings. The van der Waals surface area contributed by atoms with Crippen molar-refractivity contribution in [2.24, 2.45) is 0 Å². The number of aromatic nitrogens is 1. The summed E-state index contributed by atoms with van der Waals surface area (Å²) in [5, 5.41) is 10.6. The summed E-state index contributed by atoms with van der Waals surface area (Å²) in [7, 11) is 0. The Labute approximate surface area is 103 Å². The minimum absolute atomic E-state index is 0.230. The Morgan fingerprint density at radius 1 is 1.33 bits per heavy atom. The fourth-order valence-electron chi connectivity index (χ4n) is 2.22. The zero-order chi connectivity index (χ0) is 12.5. The van der Waals surface area contributed by atoms with Crippen LogP contribution in [0.15, 0.2) is 24.5 Å². The second-order valence-electron chi connectivity index (χ2n) is 4.08. The van der Waals surface area contributed by atoms with Gasteiger partial charge in [0.25, 0.3) is 0 Å². The van der Waals surface area contributed by atoms with Crippen LogP contribution in [-0.2, 0) is 16.1 Å². The third-order valence-electron chi connectivity index (χ3n) is 3.04. The first kappa shape index (κ1) is 11.5. The number of aliphatic hydroxyl groups excluding tert-OH is 1. The first-order chi connectivity index (χ1) is 8.81. The molecule has 1 aromatic carbocycles. The Morgan fingerprint density at radius 2 is 2.11 bits per heavy atom. The summed E-state index contributed by atoms with van der Waals surface area (Å²) in [6, 6.07) is 3.02. The molecule has 1 N–H and O–H groups in total. The van der Waals surface area contributed by atoms with Crippen molar-refractivity contribution in [2.75, 3.05) is 13.2 Å². The normalized spacial score (nSPS) is 16.6. The van der Waals surface area contributed by atoms with Crippen LogP contribution in [0.4, 0.5) is 4.39 Å². The second-order valence-corrected chi connectivity index (χ2v) is 4.08. The largest absolute Gasteiger partial charge is 0.392 e. The topological polar surface area (TPSA) is 51.6 Å². The van der Waals surface area contributed by atoms with Crippen molar-refractivity contribution < 1.29 is 19.0 Å². The lowest BCUT2D eigenvalue weighted by Gasteiger charge is -2.15. The number of rotatable bonds is 2. The highest BCUT2D eigenvalue weighted by atomic mass is 19.1. The standard InChI is InChI=1S/C13H12FNO3/c14-11-5-8(7-16)10-6-15-2-1-9(10)12(11)13-17-3-4-18-13/h1-2,5-6,13,16H,3-4,7H2. The number of nitrogens with zero attached hydrogens (tertiary/aromatic N) is 1. The lowest BCUT2D eigenvalue weighted by molar-refractivity contribution is -0.0453. The van der Waals surface area contributed by atoms with Gasteiger partial charge in [0, 0.05) is 17.8 Å². The maximum atomic E-state index is 14.1. The van der Waals surface area contributed by atoms with E-state index >= 15 is 0 Å². The first-order valence-electron chi connectivity index (χ1n) is 5.70. The fraction of sp³-hybridized carbons (Fsp3) is 0.308. The van der Waals surface area contributed by atoms with Gasteiger partial charge in [-0.2, -0.15) is 0 Å². The molecule has 18 heavy (non-hydrogen) atoms. The molecule has 5 heteroatoms. The Balaban J connectivity index is 2.26. The van der Waals surface area contributed by atoms with Crippen LogP contribution in [0.25, 0.3) is 10.8 Å². The van der Waals surface area contributed by atoms with Crippen molar-refractivity contribution in [3.63, 3.8) is 0 Å². The van der Waals surface area contributed by atoms with Crippen LogP contribution < -0.4 is 0 Å². The highest BCUT2D eigenvalue weighted by molar-refractivity contribution is 5.88. The molecule has 94 valence electrons. The zero-order valence-corrected chi connectivity index (χ0v) is 9.60. The number of hydrogen-bond acceptors (Lipinski definition) is 4. The molecular formula is C13H12FNO3. The molecule has 3 rings (SSSR count). The molecule has 1 saturated heterocycles. The van der Waals surface area contributed by atoms with Gasteiger partial charge in [-0.3, -0.25) is 4.98 Å². The number of halogens is 1. The summed E-state index contributed by atoms with van der Waals surface area (Å²) < 4.78 is 24.8. The molecule has 0 aliphatic carbocycles. The minimum Gasteiger partial charge on any atom is -0.392 e. The number of benzene rings is 1. The van der Waals surface area contributed by atoms with Crippen molar-refractivity contribution in [2.45, 2.75) is 12.9 Å². The summed E-state index contributed by atoms with van der Waals surface area (Å²) >= 11 is 0. The van der Waals surface area contributed by atoms with E-state index in [1.165, 1.54) is 6.07 Å². The average Bonchev–Trinajstić information content (AvgIpc) is 2.91. The van der Waals surface area contributed by atoms with Gasteiger partial charge in [0.1, 0.15) is 5.82 Å². The second kappa shape index (κ2) is 4.61. The van der Waals surface area contributed by atoms with E-state index in [0.717, 1.165) is 5.39 Å². The number of ether oxygens (including phenoxy) is 2. The Morgan fingerprint density at radius 3 is 2.83 bits per heavy atom. The molecule has 0 bridgehead atoms. The van der Waals surface area contributed by atoms with Gasteiger partial charge in [0.15, 0.2) is 6.29 Å². The van der Waals surface area contributed by atoms with E-state index in [9.17, 15) is 9.50 Å². The van der Waals surface area contributed by atoms with E-state index < -0.39 is 12.1 Å². The van der Waals surface area contributed by atoms with E-state index in [-0.39, 0.29) is 6.61 Å². The molecular weight excluding hydrogens is 237 g/mol. The maximum Gasteiger partial charge on any atom is 0.187 e.